The average Bonchev–Trinajstić information content (AvgIpc) is 3.14. The molecular weight excluding hydrogens is 444 g/mol. The highest BCUT2D eigenvalue weighted by Crippen LogP contribution is 2.32. The first-order valence-corrected chi connectivity index (χ1v) is 10.8. The number of carbonyl (C=O) groups is 1. The SMILES string of the molecule is CCOc1ccc2nc(N(CCN(CC)CC)C(=O)c3c(F)cccc3F)sc2c1.Cl. The van der Waals surface area contributed by atoms with Gasteiger partial charge >= 0.3 is 0 Å². The second kappa shape index (κ2) is 11.4. The maximum Gasteiger partial charge on any atom is 0.266 e. The van der Waals surface area contributed by atoms with Crippen LogP contribution in [0.5, 0.6) is 5.75 Å². The predicted octanol–water partition coefficient (Wildman–Crippen LogP) is 5.38. The van der Waals surface area contributed by atoms with Gasteiger partial charge in [0, 0.05) is 13.1 Å². The van der Waals surface area contributed by atoms with E-state index in [0.29, 0.717) is 29.5 Å². The minimum absolute atomic E-state index is 0. The van der Waals surface area contributed by atoms with E-state index in [1.165, 1.54) is 22.3 Å². The molecule has 3 rings (SSSR count). The lowest BCUT2D eigenvalue weighted by Crippen LogP contribution is -2.39. The number of thiazole rings is 1. The Kier molecular flexibility index (Phi) is 9.15. The second-order valence-electron chi connectivity index (χ2n) is 6.64. The maximum absolute atomic E-state index is 14.3. The fraction of sp³-hybridized carbons (Fsp3) is 0.364. The standard InChI is InChI=1S/C22H25F2N3O2S.ClH/c1-4-26(5-2)12-13-27(21(28)20-16(23)8-7-9-17(20)24)22-25-18-11-10-15(29-6-3)14-19(18)30-22;/h7-11,14H,4-6,12-13H2,1-3H3;1H. The van der Waals surface area contributed by atoms with Crippen molar-refractivity contribution in [3.63, 3.8) is 0 Å². The number of carbonyl (C=O) groups excluding carboxylic acids is 1. The number of hydrogen-bond acceptors (Lipinski definition) is 5. The van der Waals surface area contributed by atoms with Crippen LogP contribution in [0, 0.1) is 11.6 Å². The van der Waals surface area contributed by atoms with E-state index in [4.69, 9.17) is 4.74 Å². The number of aromatic nitrogens is 1. The van der Waals surface area contributed by atoms with E-state index < -0.39 is 23.1 Å². The van der Waals surface area contributed by atoms with E-state index in [9.17, 15) is 13.6 Å². The molecule has 2 aromatic carbocycles. The molecule has 0 unspecified atom stereocenters. The van der Waals surface area contributed by atoms with Crippen LogP contribution in [0.15, 0.2) is 36.4 Å². The molecule has 5 nitrogen and oxygen atoms in total. The van der Waals surface area contributed by atoms with Crippen LogP contribution >= 0.6 is 23.7 Å². The zero-order valence-electron chi connectivity index (χ0n) is 17.7. The molecule has 168 valence electrons. The molecule has 1 amide bonds. The minimum atomic E-state index is -0.882. The Hall–Kier alpha value is -2.29. The highest BCUT2D eigenvalue weighted by molar-refractivity contribution is 7.22. The third-order valence-corrected chi connectivity index (χ3v) is 5.89. The topological polar surface area (TPSA) is 45.7 Å². The molecule has 0 aliphatic carbocycles. The molecule has 0 N–H and O–H groups in total. The molecule has 9 heteroatoms. The van der Waals surface area contributed by atoms with Gasteiger partial charge in [-0.3, -0.25) is 9.69 Å². The molecule has 0 spiro atoms. The van der Waals surface area contributed by atoms with Gasteiger partial charge in [-0.25, -0.2) is 13.8 Å². The number of ether oxygens (including phenoxy) is 1. The van der Waals surface area contributed by atoms with E-state index >= 15 is 0 Å². The number of nitrogens with zero attached hydrogens (tertiary/aromatic N) is 3. The average molecular weight is 470 g/mol. The zero-order chi connectivity index (χ0) is 21.7. The van der Waals surface area contributed by atoms with Crippen LogP contribution in [0.25, 0.3) is 10.2 Å². The number of fused-ring (bicyclic) bond motifs is 1. The van der Waals surface area contributed by atoms with E-state index in [0.717, 1.165) is 29.9 Å². The highest BCUT2D eigenvalue weighted by atomic mass is 35.5. The Bertz CT molecular complexity index is 1010. The first-order chi connectivity index (χ1) is 14.5. The number of anilines is 1. The molecule has 1 heterocycles. The summed E-state index contributed by atoms with van der Waals surface area (Å²) in [5.74, 6) is -1.79. The summed E-state index contributed by atoms with van der Waals surface area (Å²) in [6, 6.07) is 8.91. The Labute approximate surface area is 191 Å². The van der Waals surface area contributed by atoms with Crippen molar-refractivity contribution in [1.82, 2.24) is 9.88 Å². The van der Waals surface area contributed by atoms with Gasteiger partial charge in [0.15, 0.2) is 5.13 Å². The number of rotatable bonds is 9. The van der Waals surface area contributed by atoms with Crippen LogP contribution in [-0.2, 0) is 0 Å². The molecule has 0 radical (unpaired) electrons. The molecule has 31 heavy (non-hydrogen) atoms. The van der Waals surface area contributed by atoms with E-state index in [2.05, 4.69) is 9.88 Å². The second-order valence-corrected chi connectivity index (χ2v) is 7.65. The van der Waals surface area contributed by atoms with Crippen molar-refractivity contribution in [2.45, 2.75) is 20.8 Å². The van der Waals surface area contributed by atoms with Gasteiger partial charge in [-0.15, -0.1) is 12.4 Å². The van der Waals surface area contributed by atoms with Gasteiger partial charge in [-0.05, 0) is 50.3 Å². The van der Waals surface area contributed by atoms with Crippen LogP contribution in [-0.4, -0.2) is 48.6 Å². The number of hydrogen-bond donors (Lipinski definition) is 0. The quantitative estimate of drug-likeness (QED) is 0.422. The lowest BCUT2D eigenvalue weighted by Gasteiger charge is -2.25. The van der Waals surface area contributed by atoms with Gasteiger partial charge in [0.05, 0.1) is 16.8 Å². The normalized spacial score (nSPS) is 10.9. The van der Waals surface area contributed by atoms with Crippen LogP contribution in [0.2, 0.25) is 0 Å². The van der Waals surface area contributed by atoms with Crippen molar-refractivity contribution in [3.8, 4) is 5.75 Å². The third-order valence-electron chi connectivity index (χ3n) is 4.85. The Morgan fingerprint density at radius 1 is 1.06 bits per heavy atom. The first kappa shape index (κ1) is 25.0. The summed E-state index contributed by atoms with van der Waals surface area (Å²) in [4.78, 5) is 21.2. The number of amides is 1. The maximum atomic E-state index is 14.3. The molecule has 0 atom stereocenters. The third kappa shape index (κ3) is 5.70. The summed E-state index contributed by atoms with van der Waals surface area (Å²) in [5.41, 5.74) is 0.138. The van der Waals surface area contributed by atoms with Crippen molar-refractivity contribution in [2.24, 2.45) is 0 Å². The highest BCUT2D eigenvalue weighted by Gasteiger charge is 2.27. The van der Waals surface area contributed by atoms with Gasteiger partial charge < -0.3 is 9.64 Å². The molecule has 0 saturated carbocycles. The molecule has 0 aliphatic rings. The summed E-state index contributed by atoms with van der Waals surface area (Å²) >= 11 is 1.30. The summed E-state index contributed by atoms with van der Waals surface area (Å²) in [5, 5.41) is 0.401. The van der Waals surface area contributed by atoms with Crippen LogP contribution in [0.3, 0.4) is 0 Å². The monoisotopic (exact) mass is 469 g/mol. The van der Waals surface area contributed by atoms with Crippen LogP contribution in [0.1, 0.15) is 31.1 Å². The molecular formula is C22H26ClF2N3O2S. The summed E-state index contributed by atoms with van der Waals surface area (Å²) in [6.07, 6.45) is 0. The van der Waals surface area contributed by atoms with Crippen LogP contribution < -0.4 is 9.64 Å². The van der Waals surface area contributed by atoms with Crippen molar-refractivity contribution < 1.29 is 18.3 Å². The van der Waals surface area contributed by atoms with Crippen molar-refractivity contribution in [2.75, 3.05) is 37.7 Å². The Morgan fingerprint density at radius 2 is 1.74 bits per heavy atom. The van der Waals surface area contributed by atoms with E-state index in [1.807, 2.05) is 39.0 Å². The minimum Gasteiger partial charge on any atom is -0.494 e. The Balaban J connectivity index is 0.00000341. The van der Waals surface area contributed by atoms with Crippen molar-refractivity contribution >= 4 is 45.0 Å². The van der Waals surface area contributed by atoms with Gasteiger partial charge in [0.2, 0.25) is 0 Å². The molecule has 1 aromatic heterocycles. The lowest BCUT2D eigenvalue weighted by atomic mass is 10.1. The molecule has 0 fully saturated rings. The molecule has 3 aromatic rings. The van der Waals surface area contributed by atoms with Crippen molar-refractivity contribution in [3.05, 3.63) is 53.6 Å². The summed E-state index contributed by atoms with van der Waals surface area (Å²) in [7, 11) is 0. The van der Waals surface area contributed by atoms with Gasteiger partial charge in [0.1, 0.15) is 22.9 Å². The van der Waals surface area contributed by atoms with Gasteiger partial charge in [-0.1, -0.05) is 31.3 Å². The number of likely N-dealkylation sites (N-methyl/N-ethyl adjacent to an activating group) is 1. The van der Waals surface area contributed by atoms with E-state index in [-0.39, 0.29) is 19.0 Å². The molecule has 0 saturated heterocycles. The fourth-order valence-electron chi connectivity index (χ4n) is 3.17. The van der Waals surface area contributed by atoms with Crippen LogP contribution in [0.4, 0.5) is 13.9 Å². The van der Waals surface area contributed by atoms with Gasteiger partial charge in [-0.2, -0.15) is 0 Å². The Morgan fingerprint density at radius 3 is 2.35 bits per heavy atom. The summed E-state index contributed by atoms with van der Waals surface area (Å²) in [6.45, 7) is 8.95. The lowest BCUT2D eigenvalue weighted by molar-refractivity contribution is 0.0975. The van der Waals surface area contributed by atoms with E-state index in [1.54, 1.807) is 0 Å². The smallest absolute Gasteiger partial charge is 0.266 e. The number of benzene rings is 2. The fourth-order valence-corrected chi connectivity index (χ4v) is 4.19. The zero-order valence-corrected chi connectivity index (χ0v) is 19.4. The van der Waals surface area contributed by atoms with Crippen molar-refractivity contribution in [1.29, 1.82) is 0 Å². The first-order valence-electron chi connectivity index (χ1n) is 10.00. The van der Waals surface area contributed by atoms with Gasteiger partial charge in [0.25, 0.3) is 5.91 Å². The predicted molar refractivity (Wildman–Crippen MR) is 124 cm³/mol. The molecule has 0 aliphatic heterocycles. The number of halogens is 3. The molecule has 0 bridgehead atoms. The largest absolute Gasteiger partial charge is 0.494 e. The summed E-state index contributed by atoms with van der Waals surface area (Å²) < 4.78 is 35.0.